The Morgan fingerprint density at radius 1 is 1.37 bits per heavy atom. The quantitative estimate of drug-likeness (QED) is 0.881. The molecule has 0 amide bonds. The van der Waals surface area contributed by atoms with Gasteiger partial charge in [0.05, 0.1) is 24.2 Å². The average Bonchev–Trinajstić information content (AvgIpc) is 2.81. The molecule has 1 N–H and O–H groups in total. The molecule has 0 bridgehead atoms. The van der Waals surface area contributed by atoms with Crippen molar-refractivity contribution in [2.75, 3.05) is 18.1 Å². The first-order valence-electron chi connectivity index (χ1n) is 6.98. The molecular formula is C13H20N2O3S. The minimum atomic E-state index is -2.92. The molecule has 2 aliphatic heterocycles. The summed E-state index contributed by atoms with van der Waals surface area (Å²) < 4.78 is 25.7. The van der Waals surface area contributed by atoms with E-state index in [0.29, 0.717) is 5.75 Å². The third-order valence-electron chi connectivity index (χ3n) is 4.28. The number of imidazole rings is 1. The highest BCUT2D eigenvalue weighted by molar-refractivity contribution is 7.91. The maximum Gasteiger partial charge on any atom is 0.151 e. The van der Waals surface area contributed by atoms with Crippen molar-refractivity contribution >= 4 is 9.84 Å². The Bertz CT molecular complexity index is 564. The first-order chi connectivity index (χ1) is 9.11. The molecule has 0 radical (unpaired) electrons. The standard InChI is InChI=1S/C13H20N2O3S/c16-8-12-5-1-4-11-7-14-13(15(11)12)10-3-2-6-19(17,18)9-10/h7,10,12,16H,1-6,8-9H2. The van der Waals surface area contributed by atoms with Crippen molar-refractivity contribution in [2.24, 2.45) is 0 Å². The van der Waals surface area contributed by atoms with E-state index in [0.717, 1.165) is 43.6 Å². The summed E-state index contributed by atoms with van der Waals surface area (Å²) in [7, 11) is -2.92. The first kappa shape index (κ1) is 13.1. The highest BCUT2D eigenvalue weighted by Crippen LogP contribution is 2.33. The topological polar surface area (TPSA) is 72.2 Å². The van der Waals surface area contributed by atoms with Gasteiger partial charge >= 0.3 is 0 Å². The number of aryl methyl sites for hydroxylation is 1. The van der Waals surface area contributed by atoms with Gasteiger partial charge in [-0.2, -0.15) is 0 Å². The van der Waals surface area contributed by atoms with E-state index in [1.54, 1.807) is 0 Å². The Labute approximate surface area is 113 Å². The SMILES string of the molecule is O=S1(=O)CCCC(c2ncc3n2C(CO)CCC3)C1. The molecule has 2 atom stereocenters. The summed E-state index contributed by atoms with van der Waals surface area (Å²) in [5.41, 5.74) is 1.14. The van der Waals surface area contributed by atoms with E-state index in [1.165, 1.54) is 0 Å². The molecule has 0 aliphatic carbocycles. The van der Waals surface area contributed by atoms with Gasteiger partial charge in [-0.1, -0.05) is 0 Å². The number of aromatic nitrogens is 2. The van der Waals surface area contributed by atoms with Gasteiger partial charge in [0, 0.05) is 17.8 Å². The zero-order chi connectivity index (χ0) is 13.5. The number of sulfone groups is 1. The molecule has 1 aromatic heterocycles. The lowest BCUT2D eigenvalue weighted by molar-refractivity contribution is 0.203. The minimum Gasteiger partial charge on any atom is -0.394 e. The summed E-state index contributed by atoms with van der Waals surface area (Å²) in [6.45, 7) is 0.107. The van der Waals surface area contributed by atoms with Crippen LogP contribution >= 0.6 is 0 Å². The van der Waals surface area contributed by atoms with E-state index in [1.807, 2.05) is 6.20 Å². The van der Waals surface area contributed by atoms with Gasteiger partial charge in [0.1, 0.15) is 5.82 Å². The Morgan fingerprint density at radius 2 is 2.21 bits per heavy atom. The summed E-state index contributed by atoms with van der Waals surface area (Å²) in [5.74, 6) is 1.39. The van der Waals surface area contributed by atoms with Gasteiger partial charge in [0.25, 0.3) is 0 Å². The lowest BCUT2D eigenvalue weighted by Gasteiger charge is -2.29. The third-order valence-corrected chi connectivity index (χ3v) is 6.10. The van der Waals surface area contributed by atoms with Gasteiger partial charge in [-0.3, -0.25) is 0 Å². The van der Waals surface area contributed by atoms with Crippen molar-refractivity contribution in [1.29, 1.82) is 0 Å². The highest BCUT2D eigenvalue weighted by Gasteiger charge is 2.32. The van der Waals surface area contributed by atoms with E-state index in [4.69, 9.17) is 0 Å². The lowest BCUT2D eigenvalue weighted by atomic mass is 10.0. The Kier molecular flexibility index (Phi) is 3.39. The number of hydrogen-bond acceptors (Lipinski definition) is 4. The van der Waals surface area contributed by atoms with Gasteiger partial charge < -0.3 is 9.67 Å². The van der Waals surface area contributed by atoms with Crippen LogP contribution in [0.15, 0.2) is 6.20 Å². The van der Waals surface area contributed by atoms with E-state index in [-0.39, 0.29) is 24.3 Å². The zero-order valence-corrected chi connectivity index (χ0v) is 11.8. The molecule has 3 heterocycles. The Morgan fingerprint density at radius 3 is 2.95 bits per heavy atom. The van der Waals surface area contributed by atoms with Gasteiger partial charge in [-0.15, -0.1) is 0 Å². The molecule has 0 saturated carbocycles. The van der Waals surface area contributed by atoms with Crippen molar-refractivity contribution in [1.82, 2.24) is 9.55 Å². The smallest absolute Gasteiger partial charge is 0.151 e. The summed E-state index contributed by atoms with van der Waals surface area (Å²) in [5, 5.41) is 9.51. The molecule has 2 unspecified atom stereocenters. The average molecular weight is 284 g/mol. The molecule has 5 nitrogen and oxygen atoms in total. The number of rotatable bonds is 2. The molecule has 3 rings (SSSR count). The van der Waals surface area contributed by atoms with Crippen LogP contribution in [-0.4, -0.2) is 41.2 Å². The van der Waals surface area contributed by atoms with Crippen LogP contribution in [0.3, 0.4) is 0 Å². The van der Waals surface area contributed by atoms with Crippen molar-refractivity contribution in [2.45, 2.75) is 44.1 Å². The van der Waals surface area contributed by atoms with Gasteiger partial charge in [-0.05, 0) is 32.1 Å². The van der Waals surface area contributed by atoms with Crippen molar-refractivity contribution < 1.29 is 13.5 Å². The van der Waals surface area contributed by atoms with Crippen LogP contribution in [0.25, 0.3) is 0 Å². The molecule has 0 aromatic carbocycles. The van der Waals surface area contributed by atoms with Gasteiger partial charge in [-0.25, -0.2) is 13.4 Å². The lowest BCUT2D eigenvalue weighted by Crippen LogP contribution is -2.29. The molecule has 19 heavy (non-hydrogen) atoms. The van der Waals surface area contributed by atoms with Crippen molar-refractivity contribution in [3.05, 3.63) is 17.7 Å². The third kappa shape index (κ3) is 2.43. The predicted molar refractivity (Wildman–Crippen MR) is 71.9 cm³/mol. The Hall–Kier alpha value is -0.880. The molecule has 106 valence electrons. The van der Waals surface area contributed by atoms with E-state index in [2.05, 4.69) is 9.55 Å². The molecule has 6 heteroatoms. The molecule has 2 aliphatic rings. The second-order valence-electron chi connectivity index (χ2n) is 5.66. The summed E-state index contributed by atoms with van der Waals surface area (Å²) in [6.07, 6.45) is 6.46. The highest BCUT2D eigenvalue weighted by atomic mass is 32.2. The number of aliphatic hydroxyl groups is 1. The van der Waals surface area contributed by atoms with Gasteiger partial charge in [0.15, 0.2) is 9.84 Å². The predicted octanol–water partition coefficient (Wildman–Crippen LogP) is 1.05. The number of hydrogen-bond donors (Lipinski definition) is 1. The molecule has 1 saturated heterocycles. The fourth-order valence-electron chi connectivity index (χ4n) is 3.37. The molecule has 1 fully saturated rings. The molecular weight excluding hydrogens is 264 g/mol. The van der Waals surface area contributed by atoms with Crippen LogP contribution in [0.2, 0.25) is 0 Å². The summed E-state index contributed by atoms with van der Waals surface area (Å²) in [6, 6.07) is 0.0749. The minimum absolute atomic E-state index is 0.000324. The molecule has 0 spiro atoms. The van der Waals surface area contributed by atoms with Crippen LogP contribution in [0.5, 0.6) is 0 Å². The van der Waals surface area contributed by atoms with E-state index >= 15 is 0 Å². The monoisotopic (exact) mass is 284 g/mol. The zero-order valence-electron chi connectivity index (χ0n) is 11.0. The first-order valence-corrected chi connectivity index (χ1v) is 8.80. The van der Waals surface area contributed by atoms with E-state index in [9.17, 15) is 13.5 Å². The maximum atomic E-state index is 11.8. The second-order valence-corrected chi connectivity index (χ2v) is 7.89. The number of nitrogens with zero attached hydrogens (tertiary/aromatic N) is 2. The number of fused-ring (bicyclic) bond motifs is 1. The van der Waals surface area contributed by atoms with Crippen molar-refractivity contribution in [3.8, 4) is 0 Å². The fraction of sp³-hybridized carbons (Fsp3) is 0.769. The van der Waals surface area contributed by atoms with Crippen LogP contribution in [0.1, 0.15) is 49.2 Å². The Balaban J connectivity index is 1.95. The normalized spacial score (nSPS) is 29.9. The number of aliphatic hydroxyl groups excluding tert-OH is 1. The summed E-state index contributed by atoms with van der Waals surface area (Å²) >= 11 is 0. The largest absolute Gasteiger partial charge is 0.394 e. The maximum absolute atomic E-state index is 11.8. The fourth-order valence-corrected chi connectivity index (χ4v) is 5.07. The second kappa shape index (κ2) is 4.90. The van der Waals surface area contributed by atoms with Gasteiger partial charge in [0.2, 0.25) is 0 Å². The van der Waals surface area contributed by atoms with Crippen LogP contribution in [0.4, 0.5) is 0 Å². The van der Waals surface area contributed by atoms with Crippen LogP contribution in [0, 0.1) is 0 Å². The molecule has 1 aromatic rings. The summed E-state index contributed by atoms with van der Waals surface area (Å²) in [4.78, 5) is 4.47. The van der Waals surface area contributed by atoms with E-state index < -0.39 is 9.84 Å². The van der Waals surface area contributed by atoms with Crippen molar-refractivity contribution in [3.63, 3.8) is 0 Å². The van der Waals surface area contributed by atoms with Crippen LogP contribution in [-0.2, 0) is 16.3 Å². The van der Waals surface area contributed by atoms with Crippen LogP contribution < -0.4 is 0 Å².